The number of epoxide rings is 1. The van der Waals surface area contributed by atoms with Gasteiger partial charge in [-0.1, -0.05) is 12.2 Å². The highest BCUT2D eigenvalue weighted by molar-refractivity contribution is 5.14. The number of fused-ring (bicyclic) bond motifs is 2. The molecule has 3 rings (SSSR count). The summed E-state index contributed by atoms with van der Waals surface area (Å²) in [5, 5.41) is 0. The Morgan fingerprint density at radius 1 is 1.43 bits per heavy atom. The van der Waals surface area contributed by atoms with Crippen molar-refractivity contribution in [2.75, 3.05) is 13.7 Å². The van der Waals surface area contributed by atoms with E-state index in [1.54, 1.807) is 0 Å². The molecule has 1 saturated carbocycles. The lowest BCUT2D eigenvalue weighted by molar-refractivity contribution is -0.0129. The summed E-state index contributed by atoms with van der Waals surface area (Å²) in [6.45, 7) is 3.06. The van der Waals surface area contributed by atoms with Gasteiger partial charge < -0.3 is 9.47 Å². The monoisotopic (exact) mass is 194 g/mol. The van der Waals surface area contributed by atoms with Gasteiger partial charge in [-0.15, -0.1) is 0 Å². The van der Waals surface area contributed by atoms with Crippen LogP contribution in [0.3, 0.4) is 0 Å². The Hall–Kier alpha value is -0.340. The Kier molecular flexibility index (Phi) is 1.80. The first-order chi connectivity index (χ1) is 6.73. The van der Waals surface area contributed by atoms with Crippen molar-refractivity contribution in [3.05, 3.63) is 12.2 Å². The van der Waals surface area contributed by atoms with Gasteiger partial charge in [-0.25, -0.2) is 0 Å². The third kappa shape index (κ3) is 1.17. The molecule has 3 aliphatic rings. The zero-order valence-corrected chi connectivity index (χ0v) is 8.90. The summed E-state index contributed by atoms with van der Waals surface area (Å²) < 4.78 is 11.2. The number of hydrogen-bond donors (Lipinski definition) is 0. The molecule has 0 N–H and O–H groups in total. The van der Waals surface area contributed by atoms with Gasteiger partial charge >= 0.3 is 0 Å². The van der Waals surface area contributed by atoms with Crippen molar-refractivity contribution >= 4 is 0 Å². The van der Waals surface area contributed by atoms with Crippen molar-refractivity contribution in [3.63, 3.8) is 0 Å². The minimum Gasteiger partial charge on any atom is -0.378 e. The van der Waals surface area contributed by atoms with E-state index in [1.165, 1.54) is 12.8 Å². The minimum atomic E-state index is 0.0255. The van der Waals surface area contributed by atoms with Gasteiger partial charge in [-0.3, -0.25) is 0 Å². The third-order valence-electron chi connectivity index (χ3n) is 4.17. The van der Waals surface area contributed by atoms with Gasteiger partial charge in [0.25, 0.3) is 0 Å². The highest BCUT2D eigenvalue weighted by Gasteiger charge is 2.54. The van der Waals surface area contributed by atoms with Crippen LogP contribution in [0.25, 0.3) is 0 Å². The molecule has 0 amide bonds. The molecule has 2 fully saturated rings. The maximum Gasteiger partial charge on any atom is 0.115 e. The van der Waals surface area contributed by atoms with E-state index >= 15 is 0 Å². The summed E-state index contributed by atoms with van der Waals surface area (Å²) in [5.41, 5.74) is 0.0255. The number of rotatable bonds is 3. The molecule has 1 heterocycles. The zero-order valence-electron chi connectivity index (χ0n) is 8.90. The van der Waals surface area contributed by atoms with Gasteiger partial charge in [0.2, 0.25) is 0 Å². The molecule has 1 saturated heterocycles. The highest BCUT2D eigenvalue weighted by atomic mass is 16.6. The first-order valence-corrected chi connectivity index (χ1v) is 5.58. The lowest BCUT2D eigenvalue weighted by Gasteiger charge is -2.30. The predicted octanol–water partition coefficient (Wildman–Crippen LogP) is 2.00. The van der Waals surface area contributed by atoms with Crippen LogP contribution in [0.1, 0.15) is 19.8 Å². The predicted molar refractivity (Wildman–Crippen MR) is 54.0 cm³/mol. The molecule has 5 atom stereocenters. The smallest absolute Gasteiger partial charge is 0.115 e. The van der Waals surface area contributed by atoms with Crippen LogP contribution in [0.15, 0.2) is 12.2 Å². The molecule has 5 unspecified atom stereocenters. The average molecular weight is 194 g/mol. The topological polar surface area (TPSA) is 21.8 Å². The molecular weight excluding hydrogens is 176 g/mol. The van der Waals surface area contributed by atoms with E-state index in [0.717, 1.165) is 18.4 Å². The second kappa shape index (κ2) is 2.83. The number of methoxy groups -OCH3 is 1. The number of ether oxygens (including phenoxy) is 2. The normalized spacial score (nSPS) is 51.1. The molecule has 0 aromatic heterocycles. The van der Waals surface area contributed by atoms with Crippen LogP contribution in [-0.2, 0) is 9.47 Å². The van der Waals surface area contributed by atoms with Crippen LogP contribution in [0.4, 0.5) is 0 Å². The molecule has 2 bridgehead atoms. The maximum absolute atomic E-state index is 5.65. The van der Waals surface area contributed by atoms with Gasteiger partial charge in [-0.2, -0.15) is 0 Å². The molecule has 14 heavy (non-hydrogen) atoms. The Labute approximate surface area is 85.3 Å². The first kappa shape index (κ1) is 8.93. The van der Waals surface area contributed by atoms with E-state index in [9.17, 15) is 0 Å². The molecule has 0 spiro atoms. The Morgan fingerprint density at radius 2 is 2.21 bits per heavy atom. The van der Waals surface area contributed by atoms with Crippen molar-refractivity contribution < 1.29 is 9.47 Å². The van der Waals surface area contributed by atoms with Gasteiger partial charge in [0.15, 0.2) is 0 Å². The summed E-state index contributed by atoms with van der Waals surface area (Å²) in [4.78, 5) is 0. The highest BCUT2D eigenvalue weighted by Crippen LogP contribution is 2.50. The van der Waals surface area contributed by atoms with E-state index in [0.29, 0.717) is 12.0 Å². The molecule has 1 aliphatic heterocycles. The average Bonchev–Trinajstić information content (AvgIpc) is 2.67. The van der Waals surface area contributed by atoms with Crippen LogP contribution in [0, 0.1) is 17.8 Å². The second-order valence-electron chi connectivity index (χ2n) is 5.20. The Morgan fingerprint density at radius 3 is 2.64 bits per heavy atom. The summed E-state index contributed by atoms with van der Waals surface area (Å²) in [5.74, 6) is 2.28. The summed E-state index contributed by atoms with van der Waals surface area (Å²) in [6.07, 6.45) is 7.72. The summed E-state index contributed by atoms with van der Waals surface area (Å²) in [7, 11) is 1.83. The molecule has 0 aromatic carbocycles. The van der Waals surface area contributed by atoms with Crippen molar-refractivity contribution in [2.24, 2.45) is 17.8 Å². The van der Waals surface area contributed by atoms with Crippen molar-refractivity contribution in [3.8, 4) is 0 Å². The van der Waals surface area contributed by atoms with E-state index in [-0.39, 0.29) is 5.60 Å². The van der Waals surface area contributed by atoms with Crippen LogP contribution >= 0.6 is 0 Å². The fourth-order valence-corrected chi connectivity index (χ4v) is 3.33. The van der Waals surface area contributed by atoms with Gasteiger partial charge in [0.05, 0.1) is 12.7 Å². The molecule has 78 valence electrons. The van der Waals surface area contributed by atoms with Crippen LogP contribution < -0.4 is 0 Å². The maximum atomic E-state index is 5.65. The van der Waals surface area contributed by atoms with E-state index in [1.807, 2.05) is 7.11 Å². The molecular formula is C12H18O2. The largest absolute Gasteiger partial charge is 0.378 e. The minimum absolute atomic E-state index is 0.0255. The SMILES string of the molecule is COC(C1CC2C=CC1C2)C1(C)CO1. The quantitative estimate of drug-likeness (QED) is 0.506. The van der Waals surface area contributed by atoms with Crippen molar-refractivity contribution in [1.82, 2.24) is 0 Å². The van der Waals surface area contributed by atoms with E-state index in [4.69, 9.17) is 9.47 Å². The van der Waals surface area contributed by atoms with Crippen LogP contribution in [0.5, 0.6) is 0 Å². The zero-order chi connectivity index (χ0) is 9.76. The second-order valence-corrected chi connectivity index (χ2v) is 5.20. The molecule has 2 aliphatic carbocycles. The van der Waals surface area contributed by atoms with Gasteiger partial charge in [0, 0.05) is 7.11 Å². The van der Waals surface area contributed by atoms with E-state index < -0.39 is 0 Å². The Bertz CT molecular complexity index is 267. The lowest BCUT2D eigenvalue weighted by atomic mass is 9.83. The van der Waals surface area contributed by atoms with Crippen LogP contribution in [-0.4, -0.2) is 25.4 Å². The third-order valence-corrected chi connectivity index (χ3v) is 4.17. The lowest BCUT2D eigenvalue weighted by Crippen LogP contribution is -2.38. The summed E-state index contributed by atoms with van der Waals surface area (Å²) in [6, 6.07) is 0. The molecule has 2 nitrogen and oxygen atoms in total. The fourth-order valence-electron chi connectivity index (χ4n) is 3.33. The first-order valence-electron chi connectivity index (χ1n) is 5.58. The molecule has 2 heteroatoms. The Balaban J connectivity index is 1.78. The fraction of sp³-hybridized carbons (Fsp3) is 0.833. The van der Waals surface area contributed by atoms with Crippen molar-refractivity contribution in [2.45, 2.75) is 31.5 Å². The molecule has 0 radical (unpaired) electrons. The summed E-state index contributed by atoms with van der Waals surface area (Å²) >= 11 is 0. The number of allylic oxidation sites excluding steroid dienone is 2. The van der Waals surface area contributed by atoms with Gasteiger partial charge in [0.1, 0.15) is 5.60 Å². The van der Waals surface area contributed by atoms with Crippen molar-refractivity contribution in [1.29, 1.82) is 0 Å². The number of hydrogen-bond acceptors (Lipinski definition) is 2. The van der Waals surface area contributed by atoms with E-state index in [2.05, 4.69) is 19.1 Å². The van der Waals surface area contributed by atoms with Crippen LogP contribution in [0.2, 0.25) is 0 Å². The van der Waals surface area contributed by atoms with Gasteiger partial charge in [-0.05, 0) is 37.5 Å². The molecule has 0 aromatic rings. The standard InChI is InChI=1S/C12H18O2/c1-12(7-14-12)11(13-2)10-6-8-3-4-9(10)5-8/h3-4,8-11H,5-7H2,1-2H3.